The number of benzene rings is 1. The number of nitrogens with one attached hydrogen (secondary N) is 1. The molecule has 0 saturated carbocycles. The standard InChI is InChI=1S/C14H15NO4/c1-10-6-4-5-7-11(10)19-13(15)9-8-12(17-2)14(16)18-3/h4-7,12,15H,1-3H3. The predicted octanol–water partition coefficient (Wildman–Crippen LogP) is 1.54. The van der Waals surface area contributed by atoms with E-state index in [1.807, 2.05) is 19.1 Å². The van der Waals surface area contributed by atoms with E-state index < -0.39 is 12.1 Å². The molecule has 0 amide bonds. The number of hydrogen-bond donors (Lipinski definition) is 1. The maximum absolute atomic E-state index is 11.2. The first kappa shape index (κ1) is 14.7. The normalized spacial score (nSPS) is 10.9. The molecule has 0 bridgehead atoms. The largest absolute Gasteiger partial charge is 0.466 e. The van der Waals surface area contributed by atoms with Crippen LogP contribution in [0.4, 0.5) is 0 Å². The van der Waals surface area contributed by atoms with Crippen molar-refractivity contribution in [2.75, 3.05) is 14.2 Å². The third-order valence-electron chi connectivity index (χ3n) is 2.27. The van der Waals surface area contributed by atoms with Gasteiger partial charge in [0.25, 0.3) is 5.90 Å². The number of esters is 1. The molecule has 1 aromatic rings. The lowest BCUT2D eigenvalue weighted by Gasteiger charge is -2.06. The van der Waals surface area contributed by atoms with Gasteiger partial charge >= 0.3 is 5.97 Å². The zero-order valence-corrected chi connectivity index (χ0v) is 11.0. The minimum absolute atomic E-state index is 0.264. The summed E-state index contributed by atoms with van der Waals surface area (Å²) >= 11 is 0. The Kier molecular flexibility index (Phi) is 5.58. The van der Waals surface area contributed by atoms with E-state index in [1.165, 1.54) is 14.2 Å². The summed E-state index contributed by atoms with van der Waals surface area (Å²) in [6.07, 6.45) is -1.02. The molecule has 0 aromatic heterocycles. The van der Waals surface area contributed by atoms with Crippen LogP contribution in [0.15, 0.2) is 24.3 Å². The topological polar surface area (TPSA) is 68.6 Å². The van der Waals surface area contributed by atoms with Crippen molar-refractivity contribution in [3.05, 3.63) is 29.8 Å². The van der Waals surface area contributed by atoms with Crippen LogP contribution in [-0.4, -0.2) is 32.2 Å². The van der Waals surface area contributed by atoms with Crippen molar-refractivity contribution in [3.8, 4) is 17.6 Å². The highest BCUT2D eigenvalue weighted by molar-refractivity contribution is 5.94. The van der Waals surface area contributed by atoms with Gasteiger partial charge in [-0.25, -0.2) is 4.79 Å². The van der Waals surface area contributed by atoms with E-state index in [2.05, 4.69) is 16.6 Å². The van der Waals surface area contributed by atoms with Gasteiger partial charge in [-0.1, -0.05) is 18.2 Å². The van der Waals surface area contributed by atoms with Crippen LogP contribution in [0.1, 0.15) is 5.56 Å². The Bertz CT molecular complexity index is 528. The number of carbonyl (C=O) groups excluding carboxylic acids is 1. The number of rotatable bonds is 3. The van der Waals surface area contributed by atoms with Crippen LogP contribution in [0.2, 0.25) is 0 Å². The molecule has 0 saturated heterocycles. The van der Waals surface area contributed by atoms with Crippen LogP contribution < -0.4 is 4.74 Å². The molecule has 1 aromatic carbocycles. The summed E-state index contributed by atoms with van der Waals surface area (Å²) in [5, 5.41) is 7.59. The van der Waals surface area contributed by atoms with Crippen LogP contribution in [0.25, 0.3) is 0 Å². The first-order valence-electron chi connectivity index (χ1n) is 5.52. The zero-order valence-electron chi connectivity index (χ0n) is 11.0. The molecule has 1 unspecified atom stereocenters. The SMILES string of the molecule is COC(=O)C(C#CC(=N)Oc1ccccc1C)OC. The monoisotopic (exact) mass is 261 g/mol. The lowest BCUT2D eigenvalue weighted by molar-refractivity contribution is -0.148. The fourth-order valence-corrected chi connectivity index (χ4v) is 1.26. The molecule has 0 aliphatic heterocycles. The van der Waals surface area contributed by atoms with Gasteiger partial charge in [-0.2, -0.15) is 0 Å². The van der Waals surface area contributed by atoms with E-state index in [0.717, 1.165) is 5.56 Å². The molecule has 0 heterocycles. The van der Waals surface area contributed by atoms with Crippen molar-refractivity contribution in [2.24, 2.45) is 0 Å². The minimum Gasteiger partial charge on any atom is -0.466 e. The van der Waals surface area contributed by atoms with Gasteiger partial charge in [0, 0.05) is 7.11 Å². The summed E-state index contributed by atoms with van der Waals surface area (Å²) in [7, 11) is 2.58. The van der Waals surface area contributed by atoms with E-state index in [-0.39, 0.29) is 5.90 Å². The fraction of sp³-hybridized carbons (Fsp3) is 0.286. The van der Waals surface area contributed by atoms with Gasteiger partial charge in [0.15, 0.2) is 0 Å². The number of para-hydroxylation sites is 1. The van der Waals surface area contributed by atoms with E-state index in [9.17, 15) is 4.79 Å². The van der Waals surface area contributed by atoms with Crippen LogP contribution in [0.3, 0.4) is 0 Å². The molecule has 5 nitrogen and oxygen atoms in total. The zero-order chi connectivity index (χ0) is 14.3. The molecule has 1 N–H and O–H groups in total. The molecule has 5 heteroatoms. The summed E-state index contributed by atoms with van der Waals surface area (Å²) in [6.45, 7) is 1.86. The first-order chi connectivity index (χ1) is 9.08. The highest BCUT2D eigenvalue weighted by atomic mass is 16.6. The third kappa shape index (κ3) is 4.45. The Morgan fingerprint density at radius 3 is 2.58 bits per heavy atom. The number of carbonyl (C=O) groups is 1. The third-order valence-corrected chi connectivity index (χ3v) is 2.27. The van der Waals surface area contributed by atoms with Gasteiger partial charge in [-0.3, -0.25) is 5.41 Å². The molecule has 0 radical (unpaired) electrons. The Labute approximate surface area is 112 Å². The summed E-state index contributed by atoms with van der Waals surface area (Å²) in [5.41, 5.74) is 0.894. The van der Waals surface area contributed by atoms with Gasteiger partial charge in [-0.05, 0) is 30.4 Å². The molecule has 1 atom stereocenters. The minimum atomic E-state index is -1.02. The second-order valence-electron chi connectivity index (χ2n) is 3.60. The lowest BCUT2D eigenvalue weighted by Crippen LogP contribution is -2.22. The van der Waals surface area contributed by atoms with Gasteiger partial charge in [-0.15, -0.1) is 0 Å². The highest BCUT2D eigenvalue weighted by Gasteiger charge is 2.14. The van der Waals surface area contributed by atoms with Crippen LogP contribution in [0.5, 0.6) is 5.75 Å². The molecule has 0 aliphatic carbocycles. The Balaban J connectivity index is 2.71. The fourth-order valence-electron chi connectivity index (χ4n) is 1.26. The highest BCUT2D eigenvalue weighted by Crippen LogP contribution is 2.15. The van der Waals surface area contributed by atoms with Crippen molar-refractivity contribution in [1.29, 1.82) is 5.41 Å². The average Bonchev–Trinajstić information content (AvgIpc) is 2.41. The predicted molar refractivity (Wildman–Crippen MR) is 70.1 cm³/mol. The van der Waals surface area contributed by atoms with Crippen molar-refractivity contribution in [2.45, 2.75) is 13.0 Å². The first-order valence-corrected chi connectivity index (χ1v) is 5.52. The summed E-state index contributed by atoms with van der Waals surface area (Å²) in [6, 6.07) is 7.27. The van der Waals surface area contributed by atoms with Gasteiger partial charge in [0.2, 0.25) is 6.10 Å². The number of aryl methyl sites for hydroxylation is 1. The molecular weight excluding hydrogens is 246 g/mol. The Hall–Kier alpha value is -2.32. The lowest BCUT2D eigenvalue weighted by atomic mass is 10.2. The average molecular weight is 261 g/mol. The van der Waals surface area contributed by atoms with Crippen LogP contribution in [0, 0.1) is 24.2 Å². The van der Waals surface area contributed by atoms with Gasteiger partial charge < -0.3 is 14.2 Å². The summed E-state index contributed by atoms with van der Waals surface area (Å²) < 4.78 is 14.6. The van der Waals surface area contributed by atoms with E-state index >= 15 is 0 Å². The smallest absolute Gasteiger partial charge is 0.347 e. The quantitative estimate of drug-likeness (QED) is 0.388. The molecule has 1 rings (SSSR count). The molecular formula is C14H15NO4. The maximum Gasteiger partial charge on any atom is 0.347 e. The maximum atomic E-state index is 11.2. The molecule has 0 aliphatic rings. The van der Waals surface area contributed by atoms with Crippen molar-refractivity contribution in [1.82, 2.24) is 0 Å². The Morgan fingerprint density at radius 2 is 2.00 bits per heavy atom. The van der Waals surface area contributed by atoms with Crippen LogP contribution in [-0.2, 0) is 14.3 Å². The number of methoxy groups -OCH3 is 2. The Morgan fingerprint density at radius 1 is 1.32 bits per heavy atom. The summed E-state index contributed by atoms with van der Waals surface area (Å²) in [4.78, 5) is 11.2. The van der Waals surface area contributed by atoms with Crippen molar-refractivity contribution < 1.29 is 19.0 Å². The second kappa shape index (κ2) is 7.19. The molecule has 19 heavy (non-hydrogen) atoms. The van der Waals surface area contributed by atoms with Crippen molar-refractivity contribution >= 4 is 11.9 Å². The van der Waals surface area contributed by atoms with Gasteiger partial charge in [0.1, 0.15) is 5.75 Å². The second-order valence-corrected chi connectivity index (χ2v) is 3.60. The van der Waals surface area contributed by atoms with Crippen LogP contribution >= 0.6 is 0 Å². The number of hydrogen-bond acceptors (Lipinski definition) is 5. The van der Waals surface area contributed by atoms with E-state index in [1.54, 1.807) is 12.1 Å². The van der Waals surface area contributed by atoms with E-state index in [0.29, 0.717) is 5.75 Å². The molecule has 0 spiro atoms. The van der Waals surface area contributed by atoms with E-state index in [4.69, 9.17) is 14.9 Å². The molecule has 100 valence electrons. The number of ether oxygens (including phenoxy) is 3. The van der Waals surface area contributed by atoms with Gasteiger partial charge in [0.05, 0.1) is 7.11 Å². The molecule has 0 fully saturated rings. The summed E-state index contributed by atoms with van der Waals surface area (Å²) in [5.74, 6) is 4.55. The van der Waals surface area contributed by atoms with Crippen molar-refractivity contribution in [3.63, 3.8) is 0 Å².